The van der Waals surface area contributed by atoms with Crippen molar-refractivity contribution in [3.63, 3.8) is 0 Å². The molecule has 8 heteroatoms. The molecular weight excluding hydrogens is 262 g/mol. The van der Waals surface area contributed by atoms with E-state index < -0.39 is 5.97 Å². The summed E-state index contributed by atoms with van der Waals surface area (Å²) in [6, 6.07) is 5.09. The maximum absolute atomic E-state index is 11.8. The molecule has 0 unspecified atom stereocenters. The van der Waals surface area contributed by atoms with E-state index in [9.17, 15) is 9.59 Å². The summed E-state index contributed by atoms with van der Waals surface area (Å²) in [5.41, 5.74) is 1.59. The summed E-state index contributed by atoms with van der Waals surface area (Å²) in [5, 5.41) is 13.1. The number of aromatic nitrogens is 4. The molecule has 0 aliphatic rings. The van der Waals surface area contributed by atoms with Crippen LogP contribution in [0.2, 0.25) is 0 Å². The number of aryl methyl sites for hydroxylation is 1. The number of carbonyl (C=O) groups excluding carboxylic acids is 2. The molecule has 0 saturated heterocycles. The van der Waals surface area contributed by atoms with E-state index in [2.05, 4.69) is 20.8 Å². The predicted octanol–water partition coefficient (Wildman–Crippen LogP) is 0.407. The number of carbonyl (C=O) groups is 2. The third-order valence-corrected chi connectivity index (χ3v) is 2.55. The van der Waals surface area contributed by atoms with Crippen molar-refractivity contribution in [3.8, 4) is 0 Å². The van der Waals surface area contributed by atoms with Crippen molar-refractivity contribution in [3.05, 3.63) is 35.7 Å². The van der Waals surface area contributed by atoms with Crippen molar-refractivity contribution in [2.45, 2.75) is 13.5 Å². The molecule has 0 aliphatic heterocycles. The molecule has 104 valence electrons. The van der Waals surface area contributed by atoms with Crippen LogP contribution in [-0.4, -0.2) is 39.2 Å². The van der Waals surface area contributed by atoms with Crippen LogP contribution in [-0.2, 0) is 16.1 Å². The van der Waals surface area contributed by atoms with E-state index in [0.717, 1.165) is 5.56 Å². The standard InChI is InChI=1S/C12H13N5O3/c1-8-3-4-10(9(5-8)12(19)20-2)14-11(18)6-17-7-13-15-16-17/h3-5,7H,6H2,1-2H3,(H,14,18). The number of ether oxygens (including phenoxy) is 1. The lowest BCUT2D eigenvalue weighted by molar-refractivity contribution is -0.116. The van der Waals surface area contributed by atoms with Gasteiger partial charge in [0.2, 0.25) is 5.91 Å². The molecule has 0 saturated carbocycles. The Hall–Kier alpha value is -2.77. The highest BCUT2D eigenvalue weighted by atomic mass is 16.5. The van der Waals surface area contributed by atoms with Gasteiger partial charge in [-0.25, -0.2) is 9.48 Å². The number of hydrogen-bond donors (Lipinski definition) is 1. The molecule has 0 atom stereocenters. The molecule has 0 bridgehead atoms. The number of anilines is 1. The van der Waals surface area contributed by atoms with Crippen LogP contribution < -0.4 is 5.32 Å². The number of esters is 1. The van der Waals surface area contributed by atoms with Gasteiger partial charge in [0, 0.05) is 0 Å². The quantitative estimate of drug-likeness (QED) is 0.811. The van der Waals surface area contributed by atoms with E-state index in [4.69, 9.17) is 4.74 Å². The fourth-order valence-electron chi connectivity index (χ4n) is 1.64. The van der Waals surface area contributed by atoms with Gasteiger partial charge in [0.25, 0.3) is 0 Å². The third kappa shape index (κ3) is 3.16. The average molecular weight is 275 g/mol. The van der Waals surface area contributed by atoms with Gasteiger partial charge < -0.3 is 10.1 Å². The summed E-state index contributed by atoms with van der Waals surface area (Å²) in [7, 11) is 1.29. The lowest BCUT2D eigenvalue weighted by Gasteiger charge is -2.10. The highest BCUT2D eigenvalue weighted by molar-refractivity contribution is 6.01. The minimum absolute atomic E-state index is 0.0402. The summed E-state index contributed by atoms with van der Waals surface area (Å²) >= 11 is 0. The van der Waals surface area contributed by atoms with E-state index in [1.54, 1.807) is 18.2 Å². The van der Waals surface area contributed by atoms with E-state index >= 15 is 0 Å². The Kier molecular flexibility index (Phi) is 4.04. The van der Waals surface area contributed by atoms with Crippen LogP contribution in [0, 0.1) is 6.92 Å². The second kappa shape index (κ2) is 5.91. The molecule has 1 aromatic heterocycles. The summed E-state index contributed by atoms with van der Waals surface area (Å²) in [5.74, 6) is -0.849. The largest absolute Gasteiger partial charge is 0.465 e. The molecular formula is C12H13N5O3. The lowest BCUT2D eigenvalue weighted by atomic mass is 10.1. The van der Waals surface area contributed by atoms with Crippen molar-refractivity contribution in [2.24, 2.45) is 0 Å². The second-order valence-corrected chi connectivity index (χ2v) is 4.10. The molecule has 20 heavy (non-hydrogen) atoms. The van der Waals surface area contributed by atoms with Crippen LogP contribution in [0.1, 0.15) is 15.9 Å². The summed E-state index contributed by atoms with van der Waals surface area (Å²) in [6.07, 6.45) is 1.33. The van der Waals surface area contributed by atoms with Crippen LogP contribution in [0.15, 0.2) is 24.5 Å². The van der Waals surface area contributed by atoms with Crippen LogP contribution in [0.25, 0.3) is 0 Å². The van der Waals surface area contributed by atoms with Gasteiger partial charge in [0.05, 0.1) is 18.4 Å². The predicted molar refractivity (Wildman–Crippen MR) is 69.0 cm³/mol. The van der Waals surface area contributed by atoms with Gasteiger partial charge in [-0.2, -0.15) is 0 Å². The normalized spacial score (nSPS) is 10.1. The first kappa shape index (κ1) is 13.7. The van der Waals surface area contributed by atoms with Gasteiger partial charge >= 0.3 is 5.97 Å². The maximum Gasteiger partial charge on any atom is 0.339 e. The molecule has 0 fully saturated rings. The first-order chi connectivity index (χ1) is 9.60. The number of hydrogen-bond acceptors (Lipinski definition) is 6. The van der Waals surface area contributed by atoms with Crippen LogP contribution in [0.4, 0.5) is 5.69 Å². The summed E-state index contributed by atoms with van der Waals surface area (Å²) in [6.45, 7) is 1.81. The SMILES string of the molecule is COC(=O)c1cc(C)ccc1NC(=O)Cn1cnnn1. The average Bonchev–Trinajstić information content (AvgIpc) is 2.92. The van der Waals surface area contributed by atoms with Crippen molar-refractivity contribution in [1.29, 1.82) is 0 Å². The van der Waals surface area contributed by atoms with Crippen molar-refractivity contribution in [1.82, 2.24) is 20.2 Å². The van der Waals surface area contributed by atoms with Crippen molar-refractivity contribution >= 4 is 17.6 Å². The zero-order chi connectivity index (χ0) is 14.5. The fraction of sp³-hybridized carbons (Fsp3) is 0.250. The number of benzene rings is 1. The van der Waals surface area contributed by atoms with Gasteiger partial charge in [-0.3, -0.25) is 4.79 Å². The van der Waals surface area contributed by atoms with Gasteiger partial charge in [0.15, 0.2) is 0 Å². The number of nitrogens with zero attached hydrogens (tertiary/aromatic N) is 4. The molecule has 1 aromatic carbocycles. The smallest absolute Gasteiger partial charge is 0.339 e. The first-order valence-electron chi connectivity index (χ1n) is 5.79. The fourth-order valence-corrected chi connectivity index (χ4v) is 1.64. The molecule has 1 N–H and O–H groups in total. The molecule has 8 nitrogen and oxygen atoms in total. The van der Waals surface area contributed by atoms with E-state index in [-0.39, 0.29) is 12.5 Å². The molecule has 2 aromatic rings. The Balaban J connectivity index is 2.16. The lowest BCUT2D eigenvalue weighted by Crippen LogP contribution is -2.21. The Morgan fingerprint density at radius 2 is 2.20 bits per heavy atom. The van der Waals surface area contributed by atoms with E-state index in [1.807, 2.05) is 6.92 Å². The highest BCUT2D eigenvalue weighted by Gasteiger charge is 2.14. The Morgan fingerprint density at radius 3 is 2.85 bits per heavy atom. The third-order valence-electron chi connectivity index (χ3n) is 2.55. The second-order valence-electron chi connectivity index (χ2n) is 4.10. The minimum Gasteiger partial charge on any atom is -0.465 e. The Labute approximate surface area is 114 Å². The van der Waals surface area contributed by atoms with E-state index in [1.165, 1.54) is 18.1 Å². The minimum atomic E-state index is -0.508. The van der Waals surface area contributed by atoms with Crippen molar-refractivity contribution < 1.29 is 14.3 Å². The monoisotopic (exact) mass is 275 g/mol. The van der Waals surface area contributed by atoms with E-state index in [0.29, 0.717) is 11.3 Å². The molecule has 1 heterocycles. The highest BCUT2D eigenvalue weighted by Crippen LogP contribution is 2.18. The Morgan fingerprint density at radius 1 is 1.40 bits per heavy atom. The molecule has 0 radical (unpaired) electrons. The number of nitrogens with one attached hydrogen (secondary N) is 1. The van der Waals surface area contributed by atoms with Crippen LogP contribution in [0.5, 0.6) is 0 Å². The van der Waals surface area contributed by atoms with Crippen molar-refractivity contribution in [2.75, 3.05) is 12.4 Å². The maximum atomic E-state index is 11.8. The van der Waals surface area contributed by atoms with Gasteiger partial charge in [-0.1, -0.05) is 11.6 Å². The molecule has 2 rings (SSSR count). The topological polar surface area (TPSA) is 99.0 Å². The zero-order valence-electron chi connectivity index (χ0n) is 11.0. The van der Waals surface area contributed by atoms with Gasteiger partial charge in [-0.15, -0.1) is 5.10 Å². The number of tetrazole rings is 1. The van der Waals surface area contributed by atoms with Gasteiger partial charge in [0.1, 0.15) is 12.9 Å². The first-order valence-corrected chi connectivity index (χ1v) is 5.79. The Bertz CT molecular complexity index is 624. The number of rotatable bonds is 4. The number of methoxy groups -OCH3 is 1. The molecule has 0 spiro atoms. The molecule has 0 aliphatic carbocycles. The van der Waals surface area contributed by atoms with Crippen LogP contribution >= 0.6 is 0 Å². The molecule has 1 amide bonds. The number of amides is 1. The van der Waals surface area contributed by atoms with Crippen LogP contribution in [0.3, 0.4) is 0 Å². The summed E-state index contributed by atoms with van der Waals surface area (Å²) < 4.78 is 5.97. The summed E-state index contributed by atoms with van der Waals surface area (Å²) in [4.78, 5) is 23.5. The van der Waals surface area contributed by atoms with Gasteiger partial charge in [-0.05, 0) is 29.5 Å². The zero-order valence-corrected chi connectivity index (χ0v) is 11.0.